The van der Waals surface area contributed by atoms with E-state index in [9.17, 15) is 4.79 Å². The van der Waals surface area contributed by atoms with Crippen LogP contribution in [0.2, 0.25) is 0 Å². The lowest BCUT2D eigenvalue weighted by atomic mass is 9.94. The van der Waals surface area contributed by atoms with Gasteiger partial charge in [-0.2, -0.15) is 5.10 Å². The minimum absolute atomic E-state index is 0.253. The molecule has 2 aromatic carbocycles. The molecule has 0 radical (unpaired) electrons. The first-order valence-corrected chi connectivity index (χ1v) is 12.9. The first-order chi connectivity index (χ1) is 16.7. The molecule has 174 valence electrons. The smallest absolute Gasteiger partial charge is 0.185 e. The van der Waals surface area contributed by atoms with Gasteiger partial charge in [-0.1, -0.05) is 60.7 Å². The number of anilines is 1. The molecule has 3 heterocycles. The van der Waals surface area contributed by atoms with Crippen molar-refractivity contribution in [1.29, 1.82) is 0 Å². The molecule has 2 aromatic heterocycles. The highest BCUT2D eigenvalue weighted by atomic mass is 32.1. The minimum atomic E-state index is 0.253. The lowest BCUT2D eigenvalue weighted by Crippen LogP contribution is -2.24. The average Bonchev–Trinajstić information content (AvgIpc) is 3.41. The van der Waals surface area contributed by atoms with Crippen molar-refractivity contribution in [3.8, 4) is 22.5 Å². The van der Waals surface area contributed by atoms with Crippen molar-refractivity contribution in [3.63, 3.8) is 0 Å². The molecule has 1 atom stereocenters. The largest absolute Gasteiger partial charge is 0.348 e. The molecular weight excluding hydrogens is 440 g/mol. The Morgan fingerprint density at radius 2 is 1.74 bits per heavy atom. The molecule has 5 rings (SSSR count). The van der Waals surface area contributed by atoms with Crippen LogP contribution >= 0.6 is 11.3 Å². The van der Waals surface area contributed by atoms with Crippen LogP contribution in [-0.2, 0) is 11.3 Å². The maximum Gasteiger partial charge on any atom is 0.185 e. The molecule has 0 aliphatic carbocycles. The summed E-state index contributed by atoms with van der Waals surface area (Å²) >= 11 is 1.72. The monoisotopic (exact) mass is 470 g/mol. The third kappa shape index (κ3) is 5.28. The Bertz CT molecular complexity index is 1230. The van der Waals surface area contributed by atoms with E-state index in [1.54, 1.807) is 11.3 Å². The number of carbonyl (C=O) groups is 1. The summed E-state index contributed by atoms with van der Waals surface area (Å²) in [5.74, 6) is 0.673. The van der Waals surface area contributed by atoms with E-state index in [1.807, 2.05) is 48.0 Å². The van der Waals surface area contributed by atoms with Gasteiger partial charge in [0.15, 0.2) is 10.9 Å². The van der Waals surface area contributed by atoms with Gasteiger partial charge in [0.1, 0.15) is 6.54 Å². The SMILES string of the molecule is Cc1csc(N2CCCC(CC(=O)Cn3nc(-c4ccccc4)cc3-c3ccccc3)CC2)n1. The predicted octanol–water partition coefficient (Wildman–Crippen LogP) is 6.25. The Labute approximate surface area is 205 Å². The first-order valence-electron chi connectivity index (χ1n) is 12.0. The van der Waals surface area contributed by atoms with Crippen molar-refractivity contribution in [2.75, 3.05) is 18.0 Å². The molecule has 1 unspecified atom stereocenters. The number of rotatable bonds is 7. The highest BCUT2D eigenvalue weighted by Gasteiger charge is 2.22. The number of thiazole rings is 1. The van der Waals surface area contributed by atoms with E-state index in [1.165, 1.54) is 0 Å². The Morgan fingerprint density at radius 1 is 1.00 bits per heavy atom. The number of hydrogen-bond donors (Lipinski definition) is 0. The summed E-state index contributed by atoms with van der Waals surface area (Å²) in [6, 6.07) is 22.5. The van der Waals surface area contributed by atoms with Gasteiger partial charge in [0, 0.05) is 30.5 Å². The van der Waals surface area contributed by atoms with E-state index in [0.29, 0.717) is 18.9 Å². The Morgan fingerprint density at radius 3 is 2.44 bits per heavy atom. The van der Waals surface area contributed by atoms with Gasteiger partial charge in [-0.25, -0.2) is 4.98 Å². The number of Topliss-reactive ketones (excluding diaryl/α,β-unsaturated/α-hetero) is 1. The molecule has 0 saturated carbocycles. The van der Waals surface area contributed by atoms with E-state index in [-0.39, 0.29) is 5.78 Å². The zero-order valence-electron chi connectivity index (χ0n) is 19.6. The third-order valence-corrected chi connectivity index (χ3v) is 7.51. The molecule has 0 bridgehead atoms. The number of ketones is 1. The summed E-state index contributed by atoms with van der Waals surface area (Å²) in [5, 5.41) is 8.07. The molecule has 1 aliphatic heterocycles. The quantitative estimate of drug-likeness (QED) is 0.320. The van der Waals surface area contributed by atoms with Crippen LogP contribution in [0.3, 0.4) is 0 Å². The van der Waals surface area contributed by atoms with Gasteiger partial charge in [0.25, 0.3) is 0 Å². The number of aromatic nitrogens is 3. The number of carbonyl (C=O) groups excluding carboxylic acids is 1. The molecule has 0 N–H and O–H groups in total. The number of aryl methyl sites for hydroxylation is 1. The van der Waals surface area contributed by atoms with E-state index in [2.05, 4.69) is 45.6 Å². The topological polar surface area (TPSA) is 51.0 Å². The maximum atomic E-state index is 13.2. The van der Waals surface area contributed by atoms with E-state index in [0.717, 1.165) is 65.7 Å². The summed E-state index contributed by atoms with van der Waals surface area (Å²) in [4.78, 5) is 20.2. The third-order valence-electron chi connectivity index (χ3n) is 6.49. The second kappa shape index (κ2) is 10.3. The van der Waals surface area contributed by atoms with Crippen LogP contribution in [-0.4, -0.2) is 33.6 Å². The summed E-state index contributed by atoms with van der Waals surface area (Å²) in [5.41, 5.74) is 5.11. The van der Waals surface area contributed by atoms with Crippen molar-refractivity contribution >= 4 is 22.3 Å². The second-order valence-electron chi connectivity index (χ2n) is 9.10. The van der Waals surface area contributed by atoms with Crippen molar-refractivity contribution in [2.45, 2.75) is 39.2 Å². The predicted molar refractivity (Wildman–Crippen MR) is 139 cm³/mol. The van der Waals surface area contributed by atoms with E-state index < -0.39 is 0 Å². The lowest BCUT2D eigenvalue weighted by molar-refractivity contribution is -0.120. The summed E-state index contributed by atoms with van der Waals surface area (Å²) in [6.07, 6.45) is 3.84. The summed E-state index contributed by atoms with van der Waals surface area (Å²) in [6.45, 7) is 4.35. The minimum Gasteiger partial charge on any atom is -0.348 e. The van der Waals surface area contributed by atoms with Crippen molar-refractivity contribution in [1.82, 2.24) is 14.8 Å². The molecule has 6 heteroatoms. The van der Waals surface area contributed by atoms with Gasteiger partial charge in [-0.15, -0.1) is 11.3 Å². The van der Waals surface area contributed by atoms with Gasteiger partial charge < -0.3 is 4.90 Å². The fraction of sp³-hybridized carbons (Fsp3) is 0.321. The first kappa shape index (κ1) is 22.5. The number of nitrogens with zero attached hydrogens (tertiary/aromatic N) is 4. The summed E-state index contributed by atoms with van der Waals surface area (Å²) < 4.78 is 1.89. The van der Waals surface area contributed by atoms with Crippen LogP contribution in [0.5, 0.6) is 0 Å². The van der Waals surface area contributed by atoms with Crippen LogP contribution < -0.4 is 4.90 Å². The fourth-order valence-corrected chi connectivity index (χ4v) is 5.59. The van der Waals surface area contributed by atoms with Gasteiger partial charge in [0.05, 0.1) is 17.1 Å². The zero-order valence-corrected chi connectivity index (χ0v) is 20.4. The van der Waals surface area contributed by atoms with Crippen molar-refractivity contribution < 1.29 is 4.79 Å². The van der Waals surface area contributed by atoms with Crippen LogP contribution in [0.15, 0.2) is 72.1 Å². The van der Waals surface area contributed by atoms with Crippen molar-refractivity contribution in [3.05, 3.63) is 77.8 Å². The lowest BCUT2D eigenvalue weighted by Gasteiger charge is -2.19. The van der Waals surface area contributed by atoms with E-state index in [4.69, 9.17) is 5.10 Å². The van der Waals surface area contributed by atoms with Gasteiger partial charge in [0.2, 0.25) is 0 Å². The van der Waals surface area contributed by atoms with Crippen LogP contribution in [0.25, 0.3) is 22.5 Å². The highest BCUT2D eigenvalue weighted by molar-refractivity contribution is 7.13. The molecule has 5 nitrogen and oxygen atoms in total. The van der Waals surface area contributed by atoms with Gasteiger partial charge in [-0.3, -0.25) is 9.48 Å². The normalized spacial score (nSPS) is 16.4. The van der Waals surface area contributed by atoms with E-state index >= 15 is 0 Å². The molecule has 1 fully saturated rings. The fourth-order valence-electron chi connectivity index (χ4n) is 4.73. The summed E-state index contributed by atoms with van der Waals surface area (Å²) in [7, 11) is 0. The van der Waals surface area contributed by atoms with Gasteiger partial charge >= 0.3 is 0 Å². The van der Waals surface area contributed by atoms with Crippen LogP contribution in [0.1, 0.15) is 31.4 Å². The number of benzene rings is 2. The Hall–Kier alpha value is -3.25. The van der Waals surface area contributed by atoms with Crippen molar-refractivity contribution in [2.24, 2.45) is 5.92 Å². The second-order valence-corrected chi connectivity index (χ2v) is 9.94. The highest BCUT2D eigenvalue weighted by Crippen LogP contribution is 2.29. The molecule has 1 saturated heterocycles. The van der Waals surface area contributed by atoms with Crippen LogP contribution in [0.4, 0.5) is 5.13 Å². The molecule has 34 heavy (non-hydrogen) atoms. The molecular formula is C28H30N4OS. The molecule has 0 amide bonds. The number of hydrogen-bond acceptors (Lipinski definition) is 5. The van der Waals surface area contributed by atoms with Crippen LogP contribution in [0, 0.1) is 12.8 Å². The average molecular weight is 471 g/mol. The molecule has 1 aliphatic rings. The molecule has 0 spiro atoms. The Balaban J connectivity index is 1.29. The maximum absolute atomic E-state index is 13.2. The van der Waals surface area contributed by atoms with Gasteiger partial charge in [-0.05, 0) is 43.7 Å². The zero-order chi connectivity index (χ0) is 23.3. The molecule has 4 aromatic rings. The standard InChI is InChI=1S/C28H30N4OS/c1-21-20-34-28(29-21)31-15-8-9-22(14-16-31)17-25(33)19-32-27(24-12-6-3-7-13-24)18-26(30-32)23-10-4-2-5-11-23/h2-7,10-13,18,20,22H,8-9,14-17,19H2,1H3. The Kier molecular flexibility index (Phi) is 6.86.